The lowest BCUT2D eigenvalue weighted by Gasteiger charge is -2.16. The van der Waals surface area contributed by atoms with E-state index in [9.17, 15) is 4.79 Å². The van der Waals surface area contributed by atoms with Crippen LogP contribution in [0.25, 0.3) is 0 Å². The molecule has 0 unspecified atom stereocenters. The minimum atomic E-state index is -1.17. The fraction of sp³-hybridized carbons (Fsp3) is 0.500. The molecule has 18 heavy (non-hydrogen) atoms. The molecular formula is C12H16N4O2. The standard InChI is InChI=1S/C12H16N4O2/c17-12(18)16-11-13-7-6-10(15-11)8-14-9-4-2-1-3-5-9/h6-9H,1-5H2,(H,17,18)(H,13,15,16)/b14-8+. The largest absolute Gasteiger partial charge is 0.465 e. The summed E-state index contributed by atoms with van der Waals surface area (Å²) in [7, 11) is 0. The molecule has 1 aromatic rings. The van der Waals surface area contributed by atoms with E-state index in [2.05, 4.69) is 20.3 Å². The summed E-state index contributed by atoms with van der Waals surface area (Å²) in [6, 6.07) is 2.09. The van der Waals surface area contributed by atoms with Gasteiger partial charge in [-0.15, -0.1) is 0 Å². The molecule has 0 saturated heterocycles. The van der Waals surface area contributed by atoms with Crippen molar-refractivity contribution in [1.82, 2.24) is 9.97 Å². The number of rotatable bonds is 3. The first-order valence-corrected chi connectivity index (χ1v) is 6.10. The predicted octanol–water partition coefficient (Wildman–Crippen LogP) is 2.32. The van der Waals surface area contributed by atoms with Gasteiger partial charge in [-0.2, -0.15) is 0 Å². The third kappa shape index (κ3) is 3.80. The molecule has 1 aliphatic rings. The van der Waals surface area contributed by atoms with E-state index >= 15 is 0 Å². The lowest BCUT2D eigenvalue weighted by Crippen LogP contribution is -2.12. The second kappa shape index (κ2) is 6.09. The van der Waals surface area contributed by atoms with Crippen LogP contribution >= 0.6 is 0 Å². The topological polar surface area (TPSA) is 87.5 Å². The van der Waals surface area contributed by atoms with Gasteiger partial charge in [0.1, 0.15) is 0 Å². The predicted molar refractivity (Wildman–Crippen MR) is 68.1 cm³/mol. The fourth-order valence-electron chi connectivity index (χ4n) is 2.01. The number of carbonyl (C=O) groups is 1. The summed E-state index contributed by atoms with van der Waals surface area (Å²) < 4.78 is 0. The van der Waals surface area contributed by atoms with Crippen LogP contribution in [0.1, 0.15) is 37.8 Å². The van der Waals surface area contributed by atoms with Crippen LogP contribution in [-0.2, 0) is 0 Å². The number of anilines is 1. The lowest BCUT2D eigenvalue weighted by atomic mass is 9.96. The molecule has 0 aromatic carbocycles. The van der Waals surface area contributed by atoms with Crippen LogP contribution in [0.4, 0.5) is 10.7 Å². The lowest BCUT2D eigenvalue weighted by molar-refractivity contribution is 0.209. The van der Waals surface area contributed by atoms with E-state index in [-0.39, 0.29) is 5.95 Å². The molecule has 2 rings (SSSR count). The van der Waals surface area contributed by atoms with Crippen molar-refractivity contribution < 1.29 is 9.90 Å². The van der Waals surface area contributed by atoms with E-state index in [0.717, 1.165) is 12.8 Å². The Balaban J connectivity index is 1.99. The van der Waals surface area contributed by atoms with Crippen molar-refractivity contribution in [1.29, 1.82) is 0 Å². The SMILES string of the molecule is O=C(O)Nc1nccc(/C=N/C2CCCCC2)n1. The van der Waals surface area contributed by atoms with E-state index in [1.165, 1.54) is 25.5 Å². The first-order valence-electron chi connectivity index (χ1n) is 6.10. The first-order chi connectivity index (χ1) is 8.74. The van der Waals surface area contributed by atoms with Crippen LogP contribution in [-0.4, -0.2) is 33.4 Å². The first kappa shape index (κ1) is 12.5. The fourth-order valence-corrected chi connectivity index (χ4v) is 2.01. The van der Waals surface area contributed by atoms with Gasteiger partial charge in [0.15, 0.2) is 0 Å². The van der Waals surface area contributed by atoms with Gasteiger partial charge in [-0.3, -0.25) is 10.3 Å². The maximum Gasteiger partial charge on any atom is 0.411 e. The van der Waals surface area contributed by atoms with E-state index in [1.807, 2.05) is 0 Å². The van der Waals surface area contributed by atoms with Gasteiger partial charge < -0.3 is 5.11 Å². The van der Waals surface area contributed by atoms with Crippen molar-refractivity contribution in [2.24, 2.45) is 4.99 Å². The van der Waals surface area contributed by atoms with Gasteiger partial charge in [0.2, 0.25) is 5.95 Å². The molecule has 6 heteroatoms. The van der Waals surface area contributed by atoms with Crippen LogP contribution in [0, 0.1) is 0 Å². The number of aromatic nitrogens is 2. The highest BCUT2D eigenvalue weighted by Crippen LogP contribution is 2.19. The van der Waals surface area contributed by atoms with E-state index in [0.29, 0.717) is 11.7 Å². The smallest absolute Gasteiger partial charge is 0.411 e. The Kier molecular flexibility index (Phi) is 4.22. The normalized spacial score (nSPS) is 16.9. The molecule has 96 valence electrons. The maximum absolute atomic E-state index is 10.5. The highest BCUT2D eigenvalue weighted by Gasteiger charge is 2.10. The van der Waals surface area contributed by atoms with Crippen molar-refractivity contribution >= 4 is 18.3 Å². The molecule has 0 atom stereocenters. The highest BCUT2D eigenvalue weighted by atomic mass is 16.4. The molecule has 0 aliphatic heterocycles. The molecule has 0 radical (unpaired) electrons. The minimum absolute atomic E-state index is 0.0788. The van der Waals surface area contributed by atoms with Gasteiger partial charge in [0.25, 0.3) is 0 Å². The average Bonchev–Trinajstić information content (AvgIpc) is 2.37. The Morgan fingerprint density at radius 2 is 2.22 bits per heavy atom. The second-order valence-electron chi connectivity index (χ2n) is 4.31. The highest BCUT2D eigenvalue weighted by molar-refractivity contribution is 5.82. The van der Waals surface area contributed by atoms with Crippen molar-refractivity contribution in [2.75, 3.05) is 5.32 Å². The second-order valence-corrected chi connectivity index (χ2v) is 4.31. The van der Waals surface area contributed by atoms with E-state index in [1.54, 1.807) is 12.3 Å². The molecular weight excluding hydrogens is 232 g/mol. The summed E-state index contributed by atoms with van der Waals surface area (Å²) in [4.78, 5) is 22.8. The van der Waals surface area contributed by atoms with Gasteiger partial charge in [0, 0.05) is 12.4 Å². The van der Waals surface area contributed by atoms with Crippen molar-refractivity contribution in [2.45, 2.75) is 38.1 Å². The third-order valence-electron chi connectivity index (χ3n) is 2.89. The maximum atomic E-state index is 10.5. The summed E-state index contributed by atoms with van der Waals surface area (Å²) in [5, 5.41) is 10.7. The number of hydrogen-bond donors (Lipinski definition) is 2. The van der Waals surface area contributed by atoms with Crippen LogP contribution in [0.5, 0.6) is 0 Å². The molecule has 1 aliphatic carbocycles. The van der Waals surface area contributed by atoms with Crippen molar-refractivity contribution in [3.05, 3.63) is 18.0 Å². The van der Waals surface area contributed by atoms with Crippen LogP contribution < -0.4 is 5.32 Å². The molecule has 2 N–H and O–H groups in total. The minimum Gasteiger partial charge on any atom is -0.465 e. The Labute approximate surface area is 105 Å². The van der Waals surface area contributed by atoms with Crippen molar-refractivity contribution in [3.8, 4) is 0 Å². The van der Waals surface area contributed by atoms with E-state index in [4.69, 9.17) is 5.11 Å². The van der Waals surface area contributed by atoms with E-state index < -0.39 is 6.09 Å². The van der Waals surface area contributed by atoms with Crippen LogP contribution in [0.2, 0.25) is 0 Å². The third-order valence-corrected chi connectivity index (χ3v) is 2.89. The molecule has 1 saturated carbocycles. The summed E-state index contributed by atoms with van der Waals surface area (Å²) >= 11 is 0. The number of carboxylic acid groups (broad SMARTS) is 1. The van der Waals surface area contributed by atoms with Gasteiger partial charge in [-0.05, 0) is 18.9 Å². The molecule has 0 bridgehead atoms. The molecule has 1 heterocycles. The molecule has 6 nitrogen and oxygen atoms in total. The molecule has 1 aromatic heterocycles. The van der Waals surface area contributed by atoms with Gasteiger partial charge >= 0.3 is 6.09 Å². The number of nitrogens with zero attached hydrogens (tertiary/aromatic N) is 3. The van der Waals surface area contributed by atoms with Crippen LogP contribution in [0.3, 0.4) is 0 Å². The molecule has 1 fully saturated rings. The summed E-state index contributed by atoms with van der Waals surface area (Å²) in [5.74, 6) is 0.0788. The monoisotopic (exact) mass is 248 g/mol. The van der Waals surface area contributed by atoms with Gasteiger partial charge in [0.05, 0.1) is 11.7 Å². The number of nitrogens with one attached hydrogen (secondary N) is 1. The number of hydrogen-bond acceptors (Lipinski definition) is 4. The quantitative estimate of drug-likeness (QED) is 0.803. The Morgan fingerprint density at radius 3 is 2.94 bits per heavy atom. The summed E-state index contributed by atoms with van der Waals surface area (Å²) in [6.45, 7) is 0. The average molecular weight is 248 g/mol. The molecule has 0 spiro atoms. The Bertz CT molecular complexity index is 441. The van der Waals surface area contributed by atoms with Crippen LogP contribution in [0.15, 0.2) is 17.3 Å². The van der Waals surface area contributed by atoms with Crippen molar-refractivity contribution in [3.63, 3.8) is 0 Å². The zero-order chi connectivity index (χ0) is 12.8. The molecule has 1 amide bonds. The zero-order valence-electron chi connectivity index (χ0n) is 10.0. The van der Waals surface area contributed by atoms with Gasteiger partial charge in [-0.1, -0.05) is 19.3 Å². The number of aliphatic imine (C=N–C) groups is 1. The summed E-state index contributed by atoms with van der Waals surface area (Å²) in [5.41, 5.74) is 0.624. The number of amides is 1. The van der Waals surface area contributed by atoms with Gasteiger partial charge in [-0.25, -0.2) is 14.8 Å². The Morgan fingerprint density at radius 1 is 1.44 bits per heavy atom. The Hall–Kier alpha value is -1.98. The zero-order valence-corrected chi connectivity index (χ0v) is 10.0. The summed E-state index contributed by atoms with van der Waals surface area (Å²) in [6.07, 6.45) is 8.06.